The minimum Gasteiger partial charge on any atom is -0.481 e. The third-order valence-corrected chi connectivity index (χ3v) is 2.94. The van der Waals surface area contributed by atoms with E-state index in [1.807, 2.05) is 0 Å². The van der Waals surface area contributed by atoms with Gasteiger partial charge in [0, 0.05) is 18.6 Å². The van der Waals surface area contributed by atoms with Crippen LogP contribution in [0.5, 0.6) is 0 Å². The predicted molar refractivity (Wildman–Crippen MR) is 60.9 cm³/mol. The summed E-state index contributed by atoms with van der Waals surface area (Å²) in [6, 6.07) is 0.897. The van der Waals surface area contributed by atoms with Crippen molar-refractivity contribution in [3.05, 3.63) is 0 Å². The van der Waals surface area contributed by atoms with Crippen LogP contribution in [-0.4, -0.2) is 34.6 Å². The van der Waals surface area contributed by atoms with Crippen LogP contribution in [0.15, 0.2) is 0 Å². The Morgan fingerprint density at radius 3 is 2.40 bits per heavy atom. The highest BCUT2D eigenvalue weighted by atomic mass is 16.4. The summed E-state index contributed by atoms with van der Waals surface area (Å²) >= 11 is 0. The molecule has 0 spiro atoms. The van der Waals surface area contributed by atoms with Gasteiger partial charge in [-0.2, -0.15) is 0 Å². The number of hydrogen-bond acceptors (Lipinski definition) is 2. The van der Waals surface area contributed by atoms with E-state index in [9.17, 15) is 4.79 Å². The zero-order valence-corrected chi connectivity index (χ0v) is 10.1. The molecule has 0 aromatic rings. The molecule has 0 heterocycles. The van der Waals surface area contributed by atoms with Crippen molar-refractivity contribution in [1.82, 2.24) is 4.90 Å². The SMILES string of the molecule is CCC(CC(=O)O)N(CC(C)C)C1CC1. The van der Waals surface area contributed by atoms with E-state index in [0.29, 0.717) is 18.4 Å². The molecule has 1 N–H and O–H groups in total. The summed E-state index contributed by atoms with van der Waals surface area (Å²) in [5, 5.41) is 8.87. The van der Waals surface area contributed by atoms with Crippen molar-refractivity contribution in [3.63, 3.8) is 0 Å². The van der Waals surface area contributed by atoms with Gasteiger partial charge in [-0.3, -0.25) is 9.69 Å². The van der Waals surface area contributed by atoms with E-state index in [2.05, 4.69) is 25.7 Å². The van der Waals surface area contributed by atoms with Crippen LogP contribution in [-0.2, 0) is 4.79 Å². The molecule has 1 fully saturated rings. The molecule has 1 rings (SSSR count). The van der Waals surface area contributed by atoms with Crippen molar-refractivity contribution >= 4 is 5.97 Å². The minimum atomic E-state index is -0.670. The number of nitrogens with zero attached hydrogens (tertiary/aromatic N) is 1. The second kappa shape index (κ2) is 5.50. The Bertz CT molecular complexity index is 212. The van der Waals surface area contributed by atoms with E-state index < -0.39 is 5.97 Å². The molecule has 1 aliphatic carbocycles. The van der Waals surface area contributed by atoms with Crippen LogP contribution in [0.4, 0.5) is 0 Å². The third-order valence-electron chi connectivity index (χ3n) is 2.94. The maximum atomic E-state index is 10.8. The Kier molecular flexibility index (Phi) is 4.58. The van der Waals surface area contributed by atoms with Crippen LogP contribution < -0.4 is 0 Å². The minimum absolute atomic E-state index is 0.234. The molecule has 0 bridgehead atoms. The highest BCUT2D eigenvalue weighted by Crippen LogP contribution is 2.31. The largest absolute Gasteiger partial charge is 0.481 e. The van der Waals surface area contributed by atoms with E-state index in [0.717, 1.165) is 13.0 Å². The van der Waals surface area contributed by atoms with Gasteiger partial charge >= 0.3 is 5.97 Å². The molecule has 0 aromatic carbocycles. The Balaban J connectivity index is 2.54. The Morgan fingerprint density at radius 1 is 1.47 bits per heavy atom. The van der Waals surface area contributed by atoms with Crippen LogP contribution in [0.2, 0.25) is 0 Å². The molecule has 0 saturated heterocycles. The first-order valence-corrected chi connectivity index (χ1v) is 6.02. The molecule has 15 heavy (non-hydrogen) atoms. The quantitative estimate of drug-likeness (QED) is 0.705. The molecule has 0 radical (unpaired) electrons. The maximum Gasteiger partial charge on any atom is 0.304 e. The lowest BCUT2D eigenvalue weighted by Crippen LogP contribution is -2.40. The zero-order chi connectivity index (χ0) is 11.4. The number of carbonyl (C=O) groups is 1. The fourth-order valence-corrected chi connectivity index (χ4v) is 2.12. The number of aliphatic carboxylic acids is 1. The first-order valence-electron chi connectivity index (χ1n) is 6.02. The monoisotopic (exact) mass is 213 g/mol. The molecule has 3 nitrogen and oxygen atoms in total. The van der Waals surface area contributed by atoms with Gasteiger partial charge in [0.2, 0.25) is 0 Å². The number of carboxylic acids is 1. The first-order chi connectivity index (χ1) is 7.04. The summed E-state index contributed by atoms with van der Waals surface area (Å²) in [6.07, 6.45) is 3.74. The lowest BCUT2D eigenvalue weighted by Gasteiger charge is -2.31. The topological polar surface area (TPSA) is 40.5 Å². The lowest BCUT2D eigenvalue weighted by atomic mass is 10.1. The van der Waals surface area contributed by atoms with Crippen LogP contribution in [0.25, 0.3) is 0 Å². The summed E-state index contributed by atoms with van der Waals surface area (Å²) in [5.41, 5.74) is 0. The molecule has 88 valence electrons. The van der Waals surface area contributed by atoms with Crippen LogP contribution in [0.1, 0.15) is 46.5 Å². The molecule has 3 heteroatoms. The van der Waals surface area contributed by atoms with E-state index in [1.165, 1.54) is 12.8 Å². The second-order valence-electron chi connectivity index (χ2n) is 4.98. The van der Waals surface area contributed by atoms with E-state index >= 15 is 0 Å². The van der Waals surface area contributed by atoms with Crippen molar-refractivity contribution in [2.45, 2.75) is 58.5 Å². The van der Waals surface area contributed by atoms with Gasteiger partial charge in [0.1, 0.15) is 0 Å². The predicted octanol–water partition coefficient (Wildman–Crippen LogP) is 2.36. The zero-order valence-electron chi connectivity index (χ0n) is 10.1. The van der Waals surface area contributed by atoms with Gasteiger partial charge in [-0.15, -0.1) is 0 Å². The smallest absolute Gasteiger partial charge is 0.304 e. The number of carboxylic acid groups (broad SMARTS) is 1. The van der Waals surface area contributed by atoms with Crippen molar-refractivity contribution in [2.75, 3.05) is 6.54 Å². The highest BCUT2D eigenvalue weighted by Gasteiger charge is 2.34. The van der Waals surface area contributed by atoms with Crippen LogP contribution in [0, 0.1) is 5.92 Å². The molecule has 1 unspecified atom stereocenters. The molecule has 1 aliphatic rings. The van der Waals surface area contributed by atoms with Crippen molar-refractivity contribution < 1.29 is 9.90 Å². The lowest BCUT2D eigenvalue weighted by molar-refractivity contribution is -0.138. The maximum absolute atomic E-state index is 10.8. The fraction of sp³-hybridized carbons (Fsp3) is 0.917. The second-order valence-corrected chi connectivity index (χ2v) is 4.98. The molecule has 0 aliphatic heterocycles. The summed E-state index contributed by atoms with van der Waals surface area (Å²) in [4.78, 5) is 13.2. The summed E-state index contributed by atoms with van der Waals surface area (Å²) in [6.45, 7) is 7.52. The number of hydrogen-bond donors (Lipinski definition) is 1. The summed E-state index contributed by atoms with van der Waals surface area (Å²) in [5.74, 6) is -0.0512. The summed E-state index contributed by atoms with van der Waals surface area (Å²) < 4.78 is 0. The van der Waals surface area contributed by atoms with Crippen molar-refractivity contribution in [3.8, 4) is 0 Å². The van der Waals surface area contributed by atoms with E-state index in [1.54, 1.807) is 0 Å². The van der Waals surface area contributed by atoms with E-state index in [4.69, 9.17) is 5.11 Å². The molecule has 0 aromatic heterocycles. The molecule has 1 atom stereocenters. The highest BCUT2D eigenvalue weighted by molar-refractivity contribution is 5.67. The number of rotatable bonds is 7. The van der Waals surface area contributed by atoms with Gasteiger partial charge in [0.05, 0.1) is 6.42 Å². The molecular formula is C12H23NO2. The van der Waals surface area contributed by atoms with Gasteiger partial charge in [-0.25, -0.2) is 0 Å². The van der Waals surface area contributed by atoms with Gasteiger partial charge < -0.3 is 5.11 Å². The summed E-state index contributed by atoms with van der Waals surface area (Å²) in [7, 11) is 0. The van der Waals surface area contributed by atoms with Crippen molar-refractivity contribution in [1.29, 1.82) is 0 Å². The fourth-order valence-electron chi connectivity index (χ4n) is 2.12. The van der Waals surface area contributed by atoms with Crippen LogP contribution >= 0.6 is 0 Å². The Morgan fingerprint density at radius 2 is 2.07 bits per heavy atom. The van der Waals surface area contributed by atoms with Gasteiger partial charge in [0.15, 0.2) is 0 Å². The standard InChI is InChI=1S/C12H23NO2/c1-4-10(7-12(14)15)13(8-9(2)3)11-5-6-11/h9-11H,4-8H2,1-3H3,(H,14,15). The average Bonchev–Trinajstić information content (AvgIpc) is 2.93. The van der Waals surface area contributed by atoms with Crippen LogP contribution in [0.3, 0.4) is 0 Å². The molecular weight excluding hydrogens is 190 g/mol. The average molecular weight is 213 g/mol. The third kappa shape index (κ3) is 4.20. The van der Waals surface area contributed by atoms with E-state index in [-0.39, 0.29) is 6.04 Å². The van der Waals surface area contributed by atoms with Crippen molar-refractivity contribution in [2.24, 2.45) is 5.92 Å². The first kappa shape index (κ1) is 12.5. The van der Waals surface area contributed by atoms with Gasteiger partial charge in [-0.05, 0) is 25.2 Å². The normalized spacial score (nSPS) is 18.5. The molecule has 0 amide bonds. The Labute approximate surface area is 92.5 Å². The molecule has 1 saturated carbocycles. The Hall–Kier alpha value is -0.570. The van der Waals surface area contributed by atoms with Gasteiger partial charge in [0.25, 0.3) is 0 Å². The van der Waals surface area contributed by atoms with Gasteiger partial charge in [-0.1, -0.05) is 20.8 Å².